The highest BCUT2D eigenvalue weighted by Gasteiger charge is 2.10. The van der Waals surface area contributed by atoms with Crippen LogP contribution in [0.1, 0.15) is 24.0 Å². The number of halogens is 1. The number of rotatable bonds is 1. The lowest BCUT2D eigenvalue weighted by molar-refractivity contribution is 0.504. The van der Waals surface area contributed by atoms with Crippen molar-refractivity contribution < 1.29 is 4.42 Å². The number of furan rings is 1. The van der Waals surface area contributed by atoms with Crippen molar-refractivity contribution in [2.45, 2.75) is 20.8 Å². The Hall–Kier alpha value is -1.20. The van der Waals surface area contributed by atoms with E-state index < -0.39 is 0 Å². The molecular formula is C10H10ClNO. The maximum Gasteiger partial charge on any atom is 0.109 e. The van der Waals surface area contributed by atoms with Gasteiger partial charge in [0, 0.05) is 11.1 Å². The summed E-state index contributed by atoms with van der Waals surface area (Å²) in [6, 6.07) is 3.84. The van der Waals surface area contributed by atoms with Gasteiger partial charge in [0.2, 0.25) is 0 Å². The second-order valence-electron chi connectivity index (χ2n) is 2.88. The first-order chi connectivity index (χ1) is 6.06. The van der Waals surface area contributed by atoms with Gasteiger partial charge >= 0.3 is 0 Å². The van der Waals surface area contributed by atoms with Crippen molar-refractivity contribution in [2.24, 2.45) is 0 Å². The quantitative estimate of drug-likeness (QED) is 0.644. The van der Waals surface area contributed by atoms with Crippen LogP contribution >= 0.6 is 11.6 Å². The molecule has 0 aromatic carbocycles. The average Bonchev–Trinajstić information content (AvgIpc) is 2.42. The summed E-state index contributed by atoms with van der Waals surface area (Å²) in [6.07, 6.45) is 0. The van der Waals surface area contributed by atoms with Crippen molar-refractivity contribution in [3.05, 3.63) is 28.7 Å². The average molecular weight is 196 g/mol. The van der Waals surface area contributed by atoms with Gasteiger partial charge in [-0.25, -0.2) is 0 Å². The van der Waals surface area contributed by atoms with E-state index in [4.69, 9.17) is 21.3 Å². The third-order valence-electron chi connectivity index (χ3n) is 1.77. The van der Waals surface area contributed by atoms with E-state index in [-0.39, 0.29) is 0 Å². The molecule has 0 bridgehead atoms. The van der Waals surface area contributed by atoms with Crippen molar-refractivity contribution in [2.75, 3.05) is 0 Å². The highest BCUT2D eigenvalue weighted by molar-refractivity contribution is 6.49. The van der Waals surface area contributed by atoms with Crippen LogP contribution in [0.15, 0.2) is 16.1 Å². The maximum absolute atomic E-state index is 8.64. The molecule has 0 saturated heterocycles. The van der Waals surface area contributed by atoms with Crippen molar-refractivity contribution in [1.29, 1.82) is 5.26 Å². The van der Waals surface area contributed by atoms with E-state index in [1.807, 2.05) is 26.0 Å². The molecule has 0 fully saturated rings. The van der Waals surface area contributed by atoms with E-state index in [1.54, 1.807) is 6.92 Å². The van der Waals surface area contributed by atoms with Gasteiger partial charge in [-0.05, 0) is 26.8 Å². The van der Waals surface area contributed by atoms with Gasteiger partial charge in [0.25, 0.3) is 0 Å². The predicted molar refractivity (Wildman–Crippen MR) is 52.2 cm³/mol. The van der Waals surface area contributed by atoms with Crippen LogP contribution in [-0.2, 0) is 0 Å². The Balaban J connectivity index is 3.25. The van der Waals surface area contributed by atoms with Crippen LogP contribution in [0.4, 0.5) is 0 Å². The van der Waals surface area contributed by atoms with Crippen molar-refractivity contribution >= 4 is 16.6 Å². The van der Waals surface area contributed by atoms with Gasteiger partial charge in [0.05, 0.1) is 11.1 Å². The summed E-state index contributed by atoms with van der Waals surface area (Å²) in [5, 5.41) is 9.11. The SMILES string of the molecule is CC(C#N)=C(Cl)c1cc(C)oc1C. The van der Waals surface area contributed by atoms with Crippen LogP contribution in [0, 0.1) is 25.2 Å². The molecule has 0 aliphatic carbocycles. The molecule has 0 aliphatic rings. The Morgan fingerprint density at radius 2 is 2.15 bits per heavy atom. The monoisotopic (exact) mass is 195 g/mol. The zero-order chi connectivity index (χ0) is 10.0. The number of hydrogen-bond donors (Lipinski definition) is 0. The van der Waals surface area contributed by atoms with E-state index in [2.05, 4.69) is 0 Å². The first kappa shape index (κ1) is 9.88. The molecule has 1 aromatic heterocycles. The standard InChI is InChI=1S/C10H10ClNO/c1-6(5-12)10(11)9-4-7(2)13-8(9)3/h4H,1-3H3. The molecule has 1 rings (SSSR count). The van der Waals surface area contributed by atoms with Gasteiger partial charge in [-0.2, -0.15) is 5.26 Å². The smallest absolute Gasteiger partial charge is 0.109 e. The van der Waals surface area contributed by atoms with Crippen LogP contribution in [0.3, 0.4) is 0 Å². The molecular weight excluding hydrogens is 186 g/mol. The third kappa shape index (κ3) is 1.93. The molecule has 2 nitrogen and oxygen atoms in total. The topological polar surface area (TPSA) is 36.9 Å². The fourth-order valence-electron chi connectivity index (χ4n) is 1.10. The molecule has 68 valence electrons. The summed E-state index contributed by atoms with van der Waals surface area (Å²) in [7, 11) is 0. The molecule has 1 heterocycles. The van der Waals surface area contributed by atoms with E-state index in [1.165, 1.54) is 0 Å². The van der Waals surface area contributed by atoms with Gasteiger partial charge < -0.3 is 4.42 Å². The molecule has 1 aromatic rings. The summed E-state index contributed by atoms with van der Waals surface area (Å²) in [5.41, 5.74) is 1.31. The van der Waals surface area contributed by atoms with E-state index in [9.17, 15) is 0 Å². The summed E-state index contributed by atoms with van der Waals surface area (Å²) in [5.74, 6) is 1.55. The van der Waals surface area contributed by atoms with E-state index >= 15 is 0 Å². The minimum absolute atomic E-state index is 0.469. The minimum Gasteiger partial charge on any atom is -0.466 e. The van der Waals surface area contributed by atoms with Gasteiger partial charge in [0.15, 0.2) is 0 Å². The summed E-state index contributed by atoms with van der Waals surface area (Å²) in [6.45, 7) is 5.36. The summed E-state index contributed by atoms with van der Waals surface area (Å²) >= 11 is 5.97. The Bertz CT molecular complexity index is 396. The van der Waals surface area contributed by atoms with Crippen molar-refractivity contribution in [3.8, 4) is 6.07 Å². The first-order valence-electron chi connectivity index (χ1n) is 3.90. The summed E-state index contributed by atoms with van der Waals surface area (Å²) in [4.78, 5) is 0. The Morgan fingerprint density at radius 3 is 2.54 bits per heavy atom. The number of aryl methyl sites for hydroxylation is 2. The highest BCUT2D eigenvalue weighted by atomic mass is 35.5. The molecule has 0 aliphatic heterocycles. The largest absolute Gasteiger partial charge is 0.466 e. The Morgan fingerprint density at radius 1 is 1.54 bits per heavy atom. The first-order valence-corrected chi connectivity index (χ1v) is 4.28. The Kier molecular flexibility index (Phi) is 2.79. The van der Waals surface area contributed by atoms with Crippen molar-refractivity contribution in [1.82, 2.24) is 0 Å². The predicted octanol–water partition coefficient (Wildman–Crippen LogP) is 3.39. The molecule has 0 N–H and O–H groups in total. The molecule has 0 spiro atoms. The lowest BCUT2D eigenvalue weighted by Gasteiger charge is -1.95. The molecule has 0 amide bonds. The minimum atomic E-state index is 0.469. The molecule has 0 saturated carbocycles. The lowest BCUT2D eigenvalue weighted by Crippen LogP contribution is -1.80. The fraction of sp³-hybridized carbons (Fsp3) is 0.300. The number of hydrogen-bond acceptors (Lipinski definition) is 2. The van der Waals surface area contributed by atoms with Crippen LogP contribution in [0.5, 0.6) is 0 Å². The second kappa shape index (κ2) is 3.68. The number of nitriles is 1. The van der Waals surface area contributed by atoms with Crippen LogP contribution in [0.25, 0.3) is 5.03 Å². The van der Waals surface area contributed by atoms with Crippen LogP contribution < -0.4 is 0 Å². The zero-order valence-electron chi connectivity index (χ0n) is 7.81. The second-order valence-corrected chi connectivity index (χ2v) is 3.26. The van der Waals surface area contributed by atoms with Gasteiger partial charge in [-0.3, -0.25) is 0 Å². The third-order valence-corrected chi connectivity index (χ3v) is 2.26. The lowest BCUT2D eigenvalue weighted by atomic mass is 10.2. The van der Waals surface area contributed by atoms with Crippen LogP contribution in [-0.4, -0.2) is 0 Å². The highest BCUT2D eigenvalue weighted by Crippen LogP contribution is 2.27. The molecule has 0 atom stereocenters. The summed E-state index contributed by atoms with van der Waals surface area (Å²) < 4.78 is 5.30. The number of nitrogens with zero attached hydrogens (tertiary/aromatic N) is 1. The Labute approximate surface area is 82.4 Å². The molecule has 13 heavy (non-hydrogen) atoms. The molecule has 3 heteroatoms. The van der Waals surface area contributed by atoms with Gasteiger partial charge in [0.1, 0.15) is 11.5 Å². The normalized spacial score (nSPS) is 12.2. The van der Waals surface area contributed by atoms with Gasteiger partial charge in [-0.1, -0.05) is 11.6 Å². The van der Waals surface area contributed by atoms with Crippen LogP contribution in [0.2, 0.25) is 0 Å². The van der Waals surface area contributed by atoms with E-state index in [0.717, 1.165) is 17.1 Å². The molecule has 0 unspecified atom stereocenters. The van der Waals surface area contributed by atoms with Crippen molar-refractivity contribution in [3.63, 3.8) is 0 Å². The zero-order valence-corrected chi connectivity index (χ0v) is 8.57. The number of allylic oxidation sites excluding steroid dienone is 1. The fourth-order valence-corrected chi connectivity index (χ4v) is 1.33. The van der Waals surface area contributed by atoms with Gasteiger partial charge in [-0.15, -0.1) is 0 Å². The molecule has 0 radical (unpaired) electrons. The van der Waals surface area contributed by atoms with E-state index in [0.29, 0.717) is 10.6 Å². The maximum atomic E-state index is 8.64.